The van der Waals surface area contributed by atoms with Gasteiger partial charge in [-0.3, -0.25) is 0 Å². The predicted octanol–water partition coefficient (Wildman–Crippen LogP) is 1.41. The zero-order valence-electron chi connectivity index (χ0n) is 13.9. The third-order valence-corrected chi connectivity index (χ3v) is 3.96. The lowest BCUT2D eigenvalue weighted by Crippen LogP contribution is -2.47. The lowest BCUT2D eigenvalue weighted by atomic mass is 10.2. The summed E-state index contributed by atoms with van der Waals surface area (Å²) in [5, 5.41) is 1.78. The standard InChI is InChI=1S/C16H22FN7/c1-22(2)21-15-14(18)16(20-11-19-15)24-9-7-23(8-10-24)13-6-4-3-5-12(13)17/h3-6,11H,7-10,18H2,1-2H3,(H,19,20,21). The Hall–Kier alpha value is -2.61. The number of para-hydroxylation sites is 1. The van der Waals surface area contributed by atoms with Crippen LogP contribution in [0.5, 0.6) is 0 Å². The SMILES string of the molecule is CN(C)Nc1ncnc(N2CCN(c3ccccc3F)CC2)c1N. The molecule has 0 amide bonds. The van der Waals surface area contributed by atoms with Crippen LogP contribution in [0.2, 0.25) is 0 Å². The summed E-state index contributed by atoms with van der Waals surface area (Å²) in [7, 11) is 3.74. The van der Waals surface area contributed by atoms with Crippen LogP contribution in [-0.4, -0.2) is 55.3 Å². The second-order valence-electron chi connectivity index (χ2n) is 5.89. The Labute approximate surface area is 140 Å². The summed E-state index contributed by atoms with van der Waals surface area (Å²) in [6, 6.07) is 6.86. The summed E-state index contributed by atoms with van der Waals surface area (Å²) >= 11 is 0. The van der Waals surface area contributed by atoms with Crippen molar-refractivity contribution in [1.29, 1.82) is 0 Å². The van der Waals surface area contributed by atoms with Gasteiger partial charge in [-0.1, -0.05) is 12.1 Å². The number of rotatable bonds is 4. The van der Waals surface area contributed by atoms with Crippen LogP contribution in [0.1, 0.15) is 0 Å². The molecule has 0 unspecified atom stereocenters. The van der Waals surface area contributed by atoms with Crippen LogP contribution in [0.4, 0.5) is 27.4 Å². The fourth-order valence-corrected chi connectivity index (χ4v) is 2.81. The van der Waals surface area contributed by atoms with E-state index in [-0.39, 0.29) is 5.82 Å². The summed E-state index contributed by atoms with van der Waals surface area (Å²) in [5.41, 5.74) is 10.4. The summed E-state index contributed by atoms with van der Waals surface area (Å²) in [4.78, 5) is 12.6. The van der Waals surface area contributed by atoms with Crippen LogP contribution in [0, 0.1) is 5.82 Å². The summed E-state index contributed by atoms with van der Waals surface area (Å²) in [5.74, 6) is 1.11. The molecule has 2 heterocycles. The molecule has 3 N–H and O–H groups in total. The van der Waals surface area contributed by atoms with Gasteiger partial charge in [0.05, 0.1) is 5.69 Å². The molecule has 8 heteroatoms. The number of halogens is 1. The molecule has 7 nitrogen and oxygen atoms in total. The minimum atomic E-state index is -0.190. The van der Waals surface area contributed by atoms with Crippen LogP contribution in [0.15, 0.2) is 30.6 Å². The van der Waals surface area contributed by atoms with E-state index in [1.54, 1.807) is 11.1 Å². The maximum atomic E-state index is 13.9. The van der Waals surface area contributed by atoms with Gasteiger partial charge in [0.25, 0.3) is 0 Å². The third kappa shape index (κ3) is 3.33. The molecule has 0 spiro atoms. The second kappa shape index (κ2) is 6.88. The molecule has 128 valence electrons. The number of aromatic nitrogens is 2. The number of nitrogens with zero attached hydrogens (tertiary/aromatic N) is 5. The Bertz CT molecular complexity index is 699. The van der Waals surface area contributed by atoms with Gasteiger partial charge in [0, 0.05) is 40.3 Å². The highest BCUT2D eigenvalue weighted by Gasteiger charge is 2.22. The molecule has 1 fully saturated rings. The van der Waals surface area contributed by atoms with Crippen molar-refractivity contribution in [3.05, 3.63) is 36.4 Å². The minimum Gasteiger partial charge on any atom is -0.393 e. The number of hydrogen-bond acceptors (Lipinski definition) is 7. The number of nitrogen functional groups attached to an aromatic ring is 1. The molecule has 2 aromatic rings. The molecule has 1 aliphatic rings. The fraction of sp³-hybridized carbons (Fsp3) is 0.375. The minimum absolute atomic E-state index is 0.190. The third-order valence-electron chi connectivity index (χ3n) is 3.96. The first-order chi connectivity index (χ1) is 11.6. The highest BCUT2D eigenvalue weighted by atomic mass is 19.1. The van der Waals surface area contributed by atoms with Gasteiger partial charge in [-0.15, -0.1) is 0 Å². The number of nitrogens with one attached hydrogen (secondary N) is 1. The van der Waals surface area contributed by atoms with Crippen molar-refractivity contribution in [2.45, 2.75) is 0 Å². The van der Waals surface area contributed by atoms with Gasteiger partial charge < -0.3 is 21.0 Å². The molecule has 0 aliphatic carbocycles. The van der Waals surface area contributed by atoms with Crippen molar-refractivity contribution in [2.75, 3.05) is 61.2 Å². The van der Waals surface area contributed by atoms with Crippen LogP contribution in [-0.2, 0) is 0 Å². The number of nitrogens with two attached hydrogens (primary N) is 1. The Morgan fingerprint density at radius 1 is 1.08 bits per heavy atom. The summed E-state index contributed by atoms with van der Waals surface area (Å²) in [6.07, 6.45) is 1.50. The van der Waals surface area contributed by atoms with E-state index in [0.717, 1.165) is 13.1 Å². The maximum Gasteiger partial charge on any atom is 0.169 e. The molecule has 1 saturated heterocycles. The maximum absolute atomic E-state index is 13.9. The lowest BCUT2D eigenvalue weighted by molar-refractivity contribution is 0.492. The van der Waals surface area contributed by atoms with Gasteiger partial charge in [-0.05, 0) is 12.1 Å². The van der Waals surface area contributed by atoms with Gasteiger partial charge >= 0.3 is 0 Å². The Morgan fingerprint density at radius 3 is 2.42 bits per heavy atom. The number of hydrazine groups is 1. The first kappa shape index (κ1) is 16.3. The van der Waals surface area contributed by atoms with Crippen LogP contribution >= 0.6 is 0 Å². The average molecular weight is 331 g/mol. The van der Waals surface area contributed by atoms with Gasteiger partial charge in [-0.2, -0.15) is 0 Å². The van der Waals surface area contributed by atoms with E-state index < -0.39 is 0 Å². The molecular formula is C16H22FN7. The molecular weight excluding hydrogens is 309 g/mol. The van der Waals surface area contributed by atoms with E-state index in [1.165, 1.54) is 12.4 Å². The molecule has 0 radical (unpaired) electrons. The van der Waals surface area contributed by atoms with Crippen LogP contribution < -0.4 is 21.0 Å². The first-order valence-corrected chi connectivity index (χ1v) is 7.85. The smallest absolute Gasteiger partial charge is 0.169 e. The topological polar surface area (TPSA) is 73.5 Å². The van der Waals surface area contributed by atoms with Crippen LogP contribution in [0.25, 0.3) is 0 Å². The normalized spacial score (nSPS) is 15.0. The van der Waals surface area contributed by atoms with Crippen molar-refractivity contribution < 1.29 is 4.39 Å². The predicted molar refractivity (Wildman–Crippen MR) is 94.6 cm³/mol. The molecule has 1 aromatic heterocycles. The van der Waals surface area contributed by atoms with Crippen molar-refractivity contribution in [1.82, 2.24) is 15.0 Å². The Morgan fingerprint density at radius 2 is 1.75 bits per heavy atom. The molecule has 0 atom stereocenters. The van der Waals surface area contributed by atoms with Gasteiger partial charge in [-0.25, -0.2) is 19.4 Å². The Balaban J connectivity index is 1.72. The molecule has 1 aromatic carbocycles. The lowest BCUT2D eigenvalue weighted by Gasteiger charge is -2.37. The molecule has 0 bridgehead atoms. The van der Waals surface area contributed by atoms with Gasteiger partial charge in [0.2, 0.25) is 0 Å². The zero-order chi connectivity index (χ0) is 17.1. The van der Waals surface area contributed by atoms with Crippen molar-refractivity contribution >= 4 is 23.0 Å². The Kier molecular flexibility index (Phi) is 4.66. The van der Waals surface area contributed by atoms with E-state index in [2.05, 4.69) is 20.3 Å². The van der Waals surface area contributed by atoms with Crippen LogP contribution in [0.3, 0.4) is 0 Å². The average Bonchev–Trinajstić information content (AvgIpc) is 2.57. The first-order valence-electron chi connectivity index (χ1n) is 7.85. The highest BCUT2D eigenvalue weighted by molar-refractivity contribution is 5.75. The van der Waals surface area contributed by atoms with Crippen molar-refractivity contribution in [3.63, 3.8) is 0 Å². The van der Waals surface area contributed by atoms with Gasteiger partial charge in [0.1, 0.15) is 17.8 Å². The molecule has 1 aliphatic heterocycles. The molecule has 3 rings (SSSR count). The fourth-order valence-electron chi connectivity index (χ4n) is 2.81. The molecule has 24 heavy (non-hydrogen) atoms. The number of benzene rings is 1. The highest BCUT2D eigenvalue weighted by Crippen LogP contribution is 2.28. The molecule has 0 saturated carbocycles. The monoisotopic (exact) mass is 331 g/mol. The number of hydrogen-bond donors (Lipinski definition) is 2. The second-order valence-corrected chi connectivity index (χ2v) is 5.89. The van der Waals surface area contributed by atoms with Gasteiger partial charge in [0.15, 0.2) is 11.6 Å². The number of piperazine rings is 1. The zero-order valence-corrected chi connectivity index (χ0v) is 13.9. The van der Waals surface area contributed by atoms with E-state index in [4.69, 9.17) is 5.73 Å². The summed E-state index contributed by atoms with van der Waals surface area (Å²) < 4.78 is 13.9. The quantitative estimate of drug-likeness (QED) is 0.821. The van der Waals surface area contributed by atoms with Crippen molar-refractivity contribution in [2.24, 2.45) is 0 Å². The van der Waals surface area contributed by atoms with E-state index in [9.17, 15) is 4.39 Å². The summed E-state index contributed by atoms with van der Waals surface area (Å²) in [6.45, 7) is 2.86. The number of anilines is 4. The van der Waals surface area contributed by atoms with E-state index in [0.29, 0.717) is 36.1 Å². The van der Waals surface area contributed by atoms with Crippen molar-refractivity contribution in [3.8, 4) is 0 Å². The van der Waals surface area contributed by atoms with E-state index in [1.807, 2.05) is 31.1 Å². The largest absolute Gasteiger partial charge is 0.393 e. The van der Waals surface area contributed by atoms with E-state index >= 15 is 0 Å².